The Morgan fingerprint density at radius 2 is 1.93 bits per heavy atom. The maximum Gasteiger partial charge on any atom is 0.216 e. The fourth-order valence-corrected chi connectivity index (χ4v) is 1.05. The summed E-state index contributed by atoms with van der Waals surface area (Å²) in [5, 5.41) is 0. The molecule has 0 spiro atoms. The number of alkyl halides is 1. The van der Waals surface area contributed by atoms with E-state index in [0.717, 1.165) is 0 Å². The van der Waals surface area contributed by atoms with Crippen molar-refractivity contribution in [1.29, 1.82) is 0 Å². The molecule has 0 bridgehead atoms. The van der Waals surface area contributed by atoms with Gasteiger partial charge in [0.05, 0.1) is 11.9 Å². The van der Waals surface area contributed by atoms with E-state index in [9.17, 15) is 9.59 Å². The number of ketones is 2. The normalized spacial score (nSPS) is 11.9. The standard InChI is InChI=1S/C8H15ClN4O2/c9-4-6(14)7(15)5(10)2-1-3-13-8(11)12/h5H,1-4,10H2,(H4,11,12,13)/t5-/m0/s1. The second-order valence-electron chi connectivity index (χ2n) is 2.98. The van der Waals surface area contributed by atoms with Crippen LogP contribution in [0.4, 0.5) is 0 Å². The number of rotatable bonds is 7. The lowest BCUT2D eigenvalue weighted by molar-refractivity contribution is -0.136. The van der Waals surface area contributed by atoms with E-state index in [1.165, 1.54) is 0 Å². The molecule has 0 aliphatic carbocycles. The summed E-state index contributed by atoms with van der Waals surface area (Å²) in [6.07, 6.45) is 0.901. The van der Waals surface area contributed by atoms with Crippen molar-refractivity contribution in [2.45, 2.75) is 18.9 Å². The van der Waals surface area contributed by atoms with Gasteiger partial charge >= 0.3 is 0 Å². The summed E-state index contributed by atoms with van der Waals surface area (Å²) in [5.41, 5.74) is 15.7. The third kappa shape index (κ3) is 6.03. The van der Waals surface area contributed by atoms with E-state index in [0.29, 0.717) is 19.4 Å². The molecule has 6 N–H and O–H groups in total. The fraction of sp³-hybridized carbons (Fsp3) is 0.625. The fourth-order valence-electron chi connectivity index (χ4n) is 0.923. The molecule has 0 saturated heterocycles. The molecule has 1 atom stereocenters. The minimum absolute atomic E-state index is 0.00766. The third-order valence-corrected chi connectivity index (χ3v) is 1.94. The van der Waals surface area contributed by atoms with Crippen LogP contribution in [0.25, 0.3) is 0 Å². The Hall–Kier alpha value is -1.14. The molecule has 0 unspecified atom stereocenters. The zero-order valence-corrected chi connectivity index (χ0v) is 9.04. The Morgan fingerprint density at radius 3 is 2.40 bits per heavy atom. The van der Waals surface area contributed by atoms with Crippen LogP contribution in [0.1, 0.15) is 12.8 Å². The average Bonchev–Trinajstić information content (AvgIpc) is 2.21. The van der Waals surface area contributed by atoms with E-state index in [-0.39, 0.29) is 11.8 Å². The van der Waals surface area contributed by atoms with Gasteiger partial charge in [0.2, 0.25) is 11.6 Å². The van der Waals surface area contributed by atoms with Crippen LogP contribution in [0.15, 0.2) is 4.99 Å². The highest BCUT2D eigenvalue weighted by Crippen LogP contribution is 1.98. The summed E-state index contributed by atoms with van der Waals surface area (Å²) < 4.78 is 0. The van der Waals surface area contributed by atoms with Crippen molar-refractivity contribution in [3.05, 3.63) is 0 Å². The number of guanidine groups is 1. The SMILES string of the molecule is NC(N)=NCCC[C@H](N)C(=O)C(=O)CCl. The molecule has 86 valence electrons. The zero-order valence-electron chi connectivity index (χ0n) is 8.28. The van der Waals surface area contributed by atoms with Crippen molar-refractivity contribution in [3.63, 3.8) is 0 Å². The highest BCUT2D eigenvalue weighted by molar-refractivity contribution is 6.48. The van der Waals surface area contributed by atoms with Crippen molar-refractivity contribution in [1.82, 2.24) is 0 Å². The predicted molar refractivity (Wildman–Crippen MR) is 58.6 cm³/mol. The lowest BCUT2D eigenvalue weighted by Gasteiger charge is -2.07. The van der Waals surface area contributed by atoms with Gasteiger partial charge in [-0.25, -0.2) is 0 Å². The Kier molecular flexibility index (Phi) is 6.64. The quantitative estimate of drug-likeness (QED) is 0.167. The second kappa shape index (κ2) is 7.19. The lowest BCUT2D eigenvalue weighted by atomic mass is 10.1. The molecular weight excluding hydrogens is 220 g/mol. The highest BCUT2D eigenvalue weighted by atomic mass is 35.5. The summed E-state index contributed by atoms with van der Waals surface area (Å²) in [6, 6.07) is -0.814. The molecule has 0 aromatic carbocycles. The van der Waals surface area contributed by atoms with Gasteiger partial charge in [0.25, 0.3) is 0 Å². The summed E-state index contributed by atoms with van der Waals surface area (Å²) in [7, 11) is 0. The first kappa shape index (κ1) is 13.9. The second-order valence-corrected chi connectivity index (χ2v) is 3.24. The van der Waals surface area contributed by atoms with Gasteiger partial charge in [0.1, 0.15) is 0 Å². The van der Waals surface area contributed by atoms with Gasteiger partial charge in [-0.3, -0.25) is 14.6 Å². The Morgan fingerprint density at radius 1 is 1.33 bits per heavy atom. The van der Waals surface area contributed by atoms with Crippen LogP contribution in [0, 0.1) is 0 Å². The summed E-state index contributed by atoms with van der Waals surface area (Å²) in [4.78, 5) is 25.7. The van der Waals surface area contributed by atoms with Gasteiger partial charge in [-0.05, 0) is 12.8 Å². The summed E-state index contributed by atoms with van der Waals surface area (Å²) in [5.74, 6) is -1.65. The van der Waals surface area contributed by atoms with Crippen LogP contribution in [-0.2, 0) is 9.59 Å². The molecule has 0 amide bonds. The van der Waals surface area contributed by atoms with Crippen LogP contribution in [0.5, 0.6) is 0 Å². The maximum absolute atomic E-state index is 11.2. The first-order valence-corrected chi connectivity index (χ1v) is 4.96. The Bertz CT molecular complexity index is 263. The smallest absolute Gasteiger partial charge is 0.216 e. The van der Waals surface area contributed by atoms with Crippen molar-refractivity contribution in [3.8, 4) is 0 Å². The predicted octanol–water partition coefficient (Wildman–Crippen LogP) is -1.26. The molecule has 0 rings (SSSR count). The van der Waals surface area contributed by atoms with Crippen LogP contribution < -0.4 is 17.2 Å². The first-order valence-electron chi connectivity index (χ1n) is 4.43. The highest BCUT2D eigenvalue weighted by Gasteiger charge is 2.19. The molecule has 0 aromatic rings. The molecule has 0 fully saturated rings. The minimum Gasteiger partial charge on any atom is -0.370 e. The molecule has 0 aromatic heterocycles. The lowest BCUT2D eigenvalue weighted by Crippen LogP contribution is -2.36. The molecule has 6 nitrogen and oxygen atoms in total. The van der Waals surface area contributed by atoms with Crippen LogP contribution in [0.3, 0.4) is 0 Å². The van der Waals surface area contributed by atoms with Crippen LogP contribution in [0.2, 0.25) is 0 Å². The number of hydrogen-bond acceptors (Lipinski definition) is 4. The van der Waals surface area contributed by atoms with Gasteiger partial charge in [-0.1, -0.05) is 0 Å². The molecule has 0 aliphatic rings. The minimum atomic E-state index is -0.814. The maximum atomic E-state index is 11.2. The Labute approximate surface area is 92.8 Å². The molecule has 0 radical (unpaired) electrons. The van der Waals surface area contributed by atoms with Crippen LogP contribution >= 0.6 is 11.6 Å². The van der Waals surface area contributed by atoms with E-state index >= 15 is 0 Å². The number of halogens is 1. The van der Waals surface area contributed by atoms with E-state index in [2.05, 4.69) is 4.99 Å². The summed E-state index contributed by atoms with van der Waals surface area (Å²) in [6.45, 7) is 0.387. The average molecular weight is 235 g/mol. The van der Waals surface area contributed by atoms with Gasteiger partial charge in [0.15, 0.2) is 5.96 Å². The van der Waals surface area contributed by atoms with Gasteiger partial charge < -0.3 is 17.2 Å². The van der Waals surface area contributed by atoms with E-state index in [1.807, 2.05) is 0 Å². The van der Waals surface area contributed by atoms with E-state index in [1.54, 1.807) is 0 Å². The topological polar surface area (TPSA) is 125 Å². The van der Waals surface area contributed by atoms with Crippen molar-refractivity contribution in [2.24, 2.45) is 22.2 Å². The molecular formula is C8H15ClN4O2. The van der Waals surface area contributed by atoms with E-state index in [4.69, 9.17) is 28.8 Å². The number of Topliss-reactive ketones (excluding diaryl/α,β-unsaturated/α-hetero) is 2. The molecule has 0 aliphatic heterocycles. The monoisotopic (exact) mass is 234 g/mol. The zero-order chi connectivity index (χ0) is 11.8. The first-order chi connectivity index (χ1) is 6.99. The number of nitrogens with two attached hydrogens (primary N) is 3. The van der Waals surface area contributed by atoms with Gasteiger partial charge in [0, 0.05) is 6.54 Å². The van der Waals surface area contributed by atoms with Gasteiger partial charge in [-0.2, -0.15) is 0 Å². The molecule has 15 heavy (non-hydrogen) atoms. The largest absolute Gasteiger partial charge is 0.370 e. The number of aliphatic imine (C=N–C) groups is 1. The van der Waals surface area contributed by atoms with Gasteiger partial charge in [-0.15, -0.1) is 11.6 Å². The summed E-state index contributed by atoms with van der Waals surface area (Å²) >= 11 is 5.21. The molecule has 7 heteroatoms. The Balaban J connectivity index is 3.84. The third-order valence-electron chi connectivity index (χ3n) is 1.70. The van der Waals surface area contributed by atoms with Crippen molar-refractivity contribution >= 4 is 29.1 Å². The van der Waals surface area contributed by atoms with E-state index < -0.39 is 17.6 Å². The number of carbonyl (C=O) groups is 2. The van der Waals surface area contributed by atoms with Crippen LogP contribution in [-0.4, -0.2) is 36.0 Å². The molecule has 0 heterocycles. The number of hydrogen-bond donors (Lipinski definition) is 3. The number of carbonyl (C=O) groups excluding carboxylic acids is 2. The van der Waals surface area contributed by atoms with Crippen molar-refractivity contribution in [2.75, 3.05) is 12.4 Å². The molecule has 0 saturated carbocycles. The number of nitrogens with zero attached hydrogens (tertiary/aromatic N) is 1. The van der Waals surface area contributed by atoms with Crippen molar-refractivity contribution < 1.29 is 9.59 Å².